The maximum atomic E-state index is 12.5. The van der Waals surface area contributed by atoms with Crippen LogP contribution in [0, 0.1) is 6.92 Å². The Bertz CT molecular complexity index is 1100. The first-order valence-electron chi connectivity index (χ1n) is 10.8. The number of aromatic nitrogens is 4. The highest BCUT2D eigenvalue weighted by Gasteiger charge is 2.24. The van der Waals surface area contributed by atoms with E-state index in [-0.39, 0.29) is 29.6 Å². The molecule has 2 N–H and O–H groups in total. The van der Waals surface area contributed by atoms with Crippen molar-refractivity contribution in [3.63, 3.8) is 0 Å². The number of piperazine rings is 1. The van der Waals surface area contributed by atoms with Crippen molar-refractivity contribution < 1.29 is 9.32 Å². The first kappa shape index (κ1) is 24.6. The fourth-order valence-corrected chi connectivity index (χ4v) is 3.60. The number of carbonyl (C=O) groups is 1. The van der Waals surface area contributed by atoms with Gasteiger partial charge in [0.2, 0.25) is 5.89 Å². The Hall–Kier alpha value is -3.04. The molecule has 0 bridgehead atoms. The molecule has 9 nitrogen and oxygen atoms in total. The van der Waals surface area contributed by atoms with Crippen LogP contribution in [0.15, 0.2) is 35.2 Å². The molecule has 3 aromatic rings. The summed E-state index contributed by atoms with van der Waals surface area (Å²) in [6.45, 7) is 12.0. The fraction of sp³-hybridized carbons (Fsp3) is 0.435. The van der Waals surface area contributed by atoms with Crippen molar-refractivity contribution in [3.8, 4) is 11.3 Å². The third-order valence-corrected chi connectivity index (χ3v) is 5.48. The van der Waals surface area contributed by atoms with Crippen LogP contribution in [0.25, 0.3) is 11.3 Å². The van der Waals surface area contributed by atoms with Crippen molar-refractivity contribution in [2.45, 2.75) is 39.7 Å². The van der Waals surface area contributed by atoms with Crippen LogP contribution >= 0.6 is 12.4 Å². The van der Waals surface area contributed by atoms with E-state index in [4.69, 9.17) is 4.52 Å². The van der Waals surface area contributed by atoms with Gasteiger partial charge in [0.05, 0.1) is 17.6 Å². The predicted octanol–water partition coefficient (Wildman–Crippen LogP) is 2.89. The summed E-state index contributed by atoms with van der Waals surface area (Å²) in [7, 11) is 0. The molecule has 176 valence electrons. The summed E-state index contributed by atoms with van der Waals surface area (Å²) in [4.78, 5) is 27.8. The molecule has 0 unspecified atom stereocenters. The van der Waals surface area contributed by atoms with Gasteiger partial charge >= 0.3 is 0 Å². The minimum absolute atomic E-state index is 0. The van der Waals surface area contributed by atoms with Crippen molar-refractivity contribution in [1.82, 2.24) is 30.7 Å². The number of amides is 1. The zero-order valence-corrected chi connectivity index (χ0v) is 20.2. The molecule has 0 saturated carbocycles. The van der Waals surface area contributed by atoms with Gasteiger partial charge in [-0.1, -0.05) is 38.1 Å². The molecular weight excluding hydrogens is 442 g/mol. The normalized spacial score (nSPS) is 14.0. The van der Waals surface area contributed by atoms with Crippen molar-refractivity contribution >= 4 is 24.0 Å². The number of nitrogens with zero attached hydrogens (tertiary/aromatic N) is 5. The van der Waals surface area contributed by atoms with E-state index in [0.29, 0.717) is 12.4 Å². The molecule has 4 rings (SSSR count). The van der Waals surface area contributed by atoms with Crippen LogP contribution in [-0.2, 0) is 12.0 Å². The monoisotopic (exact) mass is 471 g/mol. The van der Waals surface area contributed by atoms with E-state index >= 15 is 0 Å². The maximum Gasteiger partial charge on any atom is 0.292 e. The molecule has 1 fully saturated rings. The first-order chi connectivity index (χ1) is 15.3. The Kier molecular flexibility index (Phi) is 7.65. The Morgan fingerprint density at radius 1 is 1.24 bits per heavy atom. The quantitative estimate of drug-likeness (QED) is 0.584. The highest BCUT2D eigenvalue weighted by molar-refractivity contribution is 5.90. The number of nitrogens with one attached hydrogen (secondary N) is 2. The van der Waals surface area contributed by atoms with Gasteiger partial charge in [0.1, 0.15) is 6.33 Å². The number of hydrogen-bond acceptors (Lipinski definition) is 8. The van der Waals surface area contributed by atoms with Crippen molar-refractivity contribution in [2.75, 3.05) is 31.1 Å². The second-order valence-electron chi connectivity index (χ2n) is 8.99. The zero-order chi connectivity index (χ0) is 22.7. The number of benzene rings is 1. The minimum atomic E-state index is -0.357. The lowest BCUT2D eigenvalue weighted by molar-refractivity contribution is 0.0937. The van der Waals surface area contributed by atoms with Gasteiger partial charge in [-0.2, -0.15) is 4.98 Å². The summed E-state index contributed by atoms with van der Waals surface area (Å²) in [5.41, 5.74) is 4.77. The van der Waals surface area contributed by atoms with E-state index < -0.39 is 0 Å². The van der Waals surface area contributed by atoms with E-state index in [1.54, 1.807) is 6.33 Å². The summed E-state index contributed by atoms with van der Waals surface area (Å²) >= 11 is 0. The second-order valence-corrected chi connectivity index (χ2v) is 8.99. The maximum absolute atomic E-state index is 12.5. The number of rotatable bonds is 5. The molecule has 1 saturated heterocycles. The molecule has 0 radical (unpaired) electrons. The predicted molar refractivity (Wildman–Crippen MR) is 129 cm³/mol. The third kappa shape index (κ3) is 5.66. The van der Waals surface area contributed by atoms with E-state index in [1.807, 2.05) is 46.0 Å². The Morgan fingerprint density at radius 2 is 2.00 bits per heavy atom. The van der Waals surface area contributed by atoms with Crippen LogP contribution in [-0.4, -0.2) is 52.2 Å². The molecule has 0 aliphatic carbocycles. The van der Waals surface area contributed by atoms with Gasteiger partial charge in [0, 0.05) is 43.7 Å². The van der Waals surface area contributed by atoms with Crippen LogP contribution < -0.4 is 15.5 Å². The molecule has 1 aliphatic heterocycles. The summed E-state index contributed by atoms with van der Waals surface area (Å²) < 4.78 is 5.21. The van der Waals surface area contributed by atoms with Crippen LogP contribution in [0.3, 0.4) is 0 Å². The number of hydrogen-bond donors (Lipinski definition) is 2. The van der Waals surface area contributed by atoms with Gasteiger partial charge in [-0.05, 0) is 24.1 Å². The average Bonchev–Trinajstić information content (AvgIpc) is 3.30. The van der Waals surface area contributed by atoms with Crippen LogP contribution in [0.1, 0.15) is 48.4 Å². The first-order valence-corrected chi connectivity index (χ1v) is 10.8. The molecule has 2 aromatic heterocycles. The summed E-state index contributed by atoms with van der Waals surface area (Å²) in [6, 6.07) is 6.15. The Labute approximate surface area is 199 Å². The van der Waals surface area contributed by atoms with Crippen LogP contribution in [0.5, 0.6) is 0 Å². The molecule has 10 heteroatoms. The summed E-state index contributed by atoms with van der Waals surface area (Å²) in [5.74, 6) is 0.128. The second kappa shape index (κ2) is 10.3. The molecule has 1 amide bonds. The summed E-state index contributed by atoms with van der Waals surface area (Å²) in [5, 5.41) is 10.1. The van der Waals surface area contributed by atoms with Gasteiger partial charge in [0.25, 0.3) is 11.7 Å². The lowest BCUT2D eigenvalue weighted by atomic mass is 9.97. The van der Waals surface area contributed by atoms with Gasteiger partial charge in [-0.3, -0.25) is 4.79 Å². The number of halogens is 1. The minimum Gasteiger partial charge on any atom is -0.366 e. The molecule has 0 atom stereocenters. The van der Waals surface area contributed by atoms with Gasteiger partial charge in [-0.15, -0.1) is 12.4 Å². The number of carbonyl (C=O) groups excluding carboxylic acids is 1. The molecular formula is C23H30ClN7O2. The Balaban J connectivity index is 0.00000306. The lowest BCUT2D eigenvalue weighted by Crippen LogP contribution is -2.43. The van der Waals surface area contributed by atoms with Crippen molar-refractivity contribution in [3.05, 3.63) is 53.6 Å². The summed E-state index contributed by atoms with van der Waals surface area (Å²) in [6.07, 6.45) is 3.47. The lowest BCUT2D eigenvalue weighted by Gasteiger charge is -2.30. The van der Waals surface area contributed by atoms with Crippen LogP contribution in [0.2, 0.25) is 0 Å². The number of anilines is 1. The molecule has 1 aliphatic rings. The van der Waals surface area contributed by atoms with E-state index in [1.165, 1.54) is 0 Å². The largest absolute Gasteiger partial charge is 0.366 e. The molecule has 0 spiro atoms. The van der Waals surface area contributed by atoms with Gasteiger partial charge in [-0.25, -0.2) is 9.97 Å². The van der Waals surface area contributed by atoms with Crippen molar-refractivity contribution in [1.29, 1.82) is 0 Å². The zero-order valence-electron chi connectivity index (χ0n) is 19.4. The highest BCUT2D eigenvalue weighted by Crippen LogP contribution is 2.29. The average molecular weight is 472 g/mol. The highest BCUT2D eigenvalue weighted by atomic mass is 35.5. The number of aryl methyl sites for hydroxylation is 1. The third-order valence-electron chi connectivity index (χ3n) is 5.48. The van der Waals surface area contributed by atoms with E-state index in [2.05, 4.69) is 41.7 Å². The molecule has 33 heavy (non-hydrogen) atoms. The Morgan fingerprint density at radius 3 is 2.67 bits per heavy atom. The van der Waals surface area contributed by atoms with Crippen molar-refractivity contribution in [2.24, 2.45) is 0 Å². The van der Waals surface area contributed by atoms with Gasteiger partial charge in [0.15, 0.2) is 0 Å². The van der Waals surface area contributed by atoms with E-state index in [0.717, 1.165) is 54.3 Å². The topological polar surface area (TPSA) is 109 Å². The SMILES string of the molecule is Cc1cc(-c2ncncc2N2CCNCC2)ccc1CNC(=O)c1noc(C(C)(C)C)n1.Cl. The smallest absolute Gasteiger partial charge is 0.292 e. The molecule has 1 aromatic carbocycles. The molecule has 3 heterocycles. The van der Waals surface area contributed by atoms with Gasteiger partial charge < -0.3 is 20.1 Å². The standard InChI is InChI=1S/C23H29N7O2.ClH/c1-15-11-16(19-18(13-25-14-27-19)30-9-7-24-8-10-30)5-6-17(15)12-26-21(31)20-28-22(32-29-20)23(2,3)4;/h5-6,11,13-14,24H,7-10,12H2,1-4H3,(H,26,31);1H. The fourth-order valence-electron chi connectivity index (χ4n) is 3.60. The van der Waals surface area contributed by atoms with Crippen LogP contribution in [0.4, 0.5) is 5.69 Å². The van der Waals surface area contributed by atoms with E-state index in [9.17, 15) is 4.79 Å².